The van der Waals surface area contributed by atoms with Gasteiger partial charge in [0.2, 0.25) is 5.91 Å². The molecule has 3 aliphatic rings. The van der Waals surface area contributed by atoms with Crippen molar-refractivity contribution in [1.82, 2.24) is 10.3 Å². The van der Waals surface area contributed by atoms with Crippen LogP contribution >= 0.6 is 11.3 Å². The van der Waals surface area contributed by atoms with Gasteiger partial charge in [0.1, 0.15) is 10.8 Å². The molecule has 1 heterocycles. The molecule has 3 atom stereocenters. The van der Waals surface area contributed by atoms with E-state index in [2.05, 4.69) is 17.2 Å². The van der Waals surface area contributed by atoms with Gasteiger partial charge in [0, 0.05) is 28.8 Å². The number of aromatic nitrogens is 1. The van der Waals surface area contributed by atoms with Crippen LogP contribution in [0.5, 0.6) is 0 Å². The van der Waals surface area contributed by atoms with E-state index in [1.807, 2.05) is 6.20 Å². The second-order valence-electron chi connectivity index (χ2n) is 7.53. The van der Waals surface area contributed by atoms with Crippen LogP contribution in [0, 0.1) is 30.6 Å². The van der Waals surface area contributed by atoms with Crippen molar-refractivity contribution >= 4 is 23.0 Å². The van der Waals surface area contributed by atoms with Crippen LogP contribution in [0.1, 0.15) is 60.9 Å². The number of thiazole rings is 1. The Morgan fingerprint density at radius 1 is 1.26 bits per heavy atom. The van der Waals surface area contributed by atoms with Crippen LogP contribution in [-0.2, 0) is 9.59 Å². The standard InChI is InChI=1S/C18H24N2O2S/c1-10-9-19-18(23-10)15(11-5-6-11)20-17(22)14-7-12-3-2-4-13(8-14)16(12)21/h9,11-15H,2-8H2,1H3,(H,20,22). The van der Waals surface area contributed by atoms with Gasteiger partial charge in [-0.05, 0) is 51.4 Å². The Bertz CT molecular complexity index is 606. The molecule has 23 heavy (non-hydrogen) atoms. The molecule has 4 rings (SSSR count). The Labute approximate surface area is 141 Å². The number of hydrogen-bond acceptors (Lipinski definition) is 4. The number of ketones is 1. The Morgan fingerprint density at radius 3 is 2.52 bits per heavy atom. The molecule has 1 N–H and O–H groups in total. The van der Waals surface area contributed by atoms with Gasteiger partial charge in [-0.25, -0.2) is 4.98 Å². The summed E-state index contributed by atoms with van der Waals surface area (Å²) in [5.41, 5.74) is 0. The van der Waals surface area contributed by atoms with Gasteiger partial charge < -0.3 is 5.32 Å². The molecule has 3 saturated carbocycles. The highest BCUT2D eigenvalue weighted by atomic mass is 32.1. The van der Waals surface area contributed by atoms with Crippen LogP contribution < -0.4 is 5.32 Å². The first kappa shape index (κ1) is 15.3. The minimum absolute atomic E-state index is 0.0188. The first-order valence-electron chi connectivity index (χ1n) is 8.88. The summed E-state index contributed by atoms with van der Waals surface area (Å²) in [4.78, 5) is 30.7. The van der Waals surface area contributed by atoms with E-state index in [0.29, 0.717) is 11.7 Å². The topological polar surface area (TPSA) is 59.1 Å². The second kappa shape index (κ2) is 6.00. The fraction of sp³-hybridized carbons (Fsp3) is 0.722. The fourth-order valence-corrected chi connectivity index (χ4v) is 5.21. The molecule has 3 fully saturated rings. The monoisotopic (exact) mass is 332 g/mol. The third kappa shape index (κ3) is 3.08. The molecule has 0 aromatic carbocycles. The molecule has 5 heteroatoms. The van der Waals surface area contributed by atoms with Gasteiger partial charge in [-0.3, -0.25) is 9.59 Å². The number of carbonyl (C=O) groups is 2. The van der Waals surface area contributed by atoms with E-state index in [4.69, 9.17) is 0 Å². The average Bonchev–Trinajstić information content (AvgIpc) is 3.25. The predicted octanol–water partition coefficient (Wildman–Crippen LogP) is 3.41. The summed E-state index contributed by atoms with van der Waals surface area (Å²) in [6, 6.07) is 0.0821. The lowest BCUT2D eigenvalue weighted by Gasteiger charge is -2.37. The third-order valence-corrected chi connectivity index (χ3v) is 6.71. The van der Waals surface area contributed by atoms with Crippen LogP contribution in [0.15, 0.2) is 6.20 Å². The lowest BCUT2D eigenvalue weighted by Crippen LogP contribution is -2.43. The average molecular weight is 332 g/mol. The Kier molecular flexibility index (Phi) is 4.00. The summed E-state index contributed by atoms with van der Waals surface area (Å²) >= 11 is 1.69. The van der Waals surface area contributed by atoms with E-state index >= 15 is 0 Å². The molecule has 4 nitrogen and oxygen atoms in total. The maximum absolute atomic E-state index is 12.8. The van der Waals surface area contributed by atoms with Crippen LogP contribution in [0.25, 0.3) is 0 Å². The summed E-state index contributed by atoms with van der Waals surface area (Å²) < 4.78 is 0. The lowest BCUT2D eigenvalue weighted by atomic mass is 9.67. The minimum atomic E-state index is 0.0188. The molecule has 0 radical (unpaired) electrons. The fourth-order valence-electron chi connectivity index (χ4n) is 4.29. The molecule has 3 unspecified atom stereocenters. The maximum atomic E-state index is 12.8. The van der Waals surface area contributed by atoms with Crippen LogP contribution in [-0.4, -0.2) is 16.7 Å². The molecule has 0 aliphatic heterocycles. The summed E-state index contributed by atoms with van der Waals surface area (Å²) in [6.45, 7) is 2.06. The largest absolute Gasteiger partial charge is 0.346 e. The SMILES string of the molecule is Cc1cnc(C(NC(=O)C2CC3CCCC(C2)C3=O)C2CC2)s1. The van der Waals surface area contributed by atoms with E-state index in [1.54, 1.807) is 11.3 Å². The summed E-state index contributed by atoms with van der Waals surface area (Å²) in [7, 11) is 0. The number of rotatable bonds is 4. The second-order valence-corrected chi connectivity index (χ2v) is 8.79. The van der Waals surface area contributed by atoms with Crippen LogP contribution in [0.3, 0.4) is 0 Å². The minimum Gasteiger partial charge on any atom is -0.346 e. The zero-order chi connectivity index (χ0) is 16.0. The Balaban J connectivity index is 1.45. The van der Waals surface area contributed by atoms with Crippen LogP contribution in [0.2, 0.25) is 0 Å². The quantitative estimate of drug-likeness (QED) is 0.919. The normalized spacial score (nSPS) is 31.7. The van der Waals surface area contributed by atoms with Gasteiger partial charge in [-0.1, -0.05) is 6.42 Å². The highest BCUT2D eigenvalue weighted by Gasteiger charge is 2.43. The number of hydrogen-bond donors (Lipinski definition) is 1. The number of amides is 1. The summed E-state index contributed by atoms with van der Waals surface area (Å²) in [5.74, 6) is 1.42. The zero-order valence-electron chi connectivity index (χ0n) is 13.6. The van der Waals surface area contributed by atoms with Gasteiger partial charge in [0.25, 0.3) is 0 Å². The van der Waals surface area contributed by atoms with Crippen LogP contribution in [0.4, 0.5) is 0 Å². The van der Waals surface area contributed by atoms with Crippen molar-refractivity contribution < 1.29 is 9.59 Å². The van der Waals surface area contributed by atoms with Gasteiger partial charge in [0.05, 0.1) is 6.04 Å². The highest BCUT2D eigenvalue weighted by Crippen LogP contribution is 2.44. The first-order chi connectivity index (χ1) is 11.1. The number of nitrogens with zero attached hydrogens (tertiary/aromatic N) is 1. The van der Waals surface area contributed by atoms with E-state index < -0.39 is 0 Å². The van der Waals surface area contributed by atoms with Gasteiger partial charge in [-0.2, -0.15) is 0 Å². The number of fused-ring (bicyclic) bond motifs is 2. The molecule has 1 aromatic rings. The highest BCUT2D eigenvalue weighted by molar-refractivity contribution is 7.11. The first-order valence-corrected chi connectivity index (χ1v) is 9.70. The van der Waals surface area contributed by atoms with Crippen molar-refractivity contribution in [3.05, 3.63) is 16.1 Å². The lowest BCUT2D eigenvalue weighted by molar-refractivity contribution is -0.138. The molecule has 1 amide bonds. The van der Waals surface area contributed by atoms with E-state index in [-0.39, 0.29) is 29.7 Å². The molecule has 2 bridgehead atoms. The molecule has 124 valence electrons. The van der Waals surface area contributed by atoms with E-state index in [0.717, 1.165) is 37.1 Å². The number of aryl methyl sites for hydroxylation is 1. The molecular formula is C18H24N2O2S. The maximum Gasteiger partial charge on any atom is 0.223 e. The number of Topliss-reactive ketones (excluding diaryl/α,β-unsaturated/α-hetero) is 1. The number of carbonyl (C=O) groups excluding carboxylic acids is 2. The van der Waals surface area contributed by atoms with Crippen molar-refractivity contribution in [3.8, 4) is 0 Å². The Morgan fingerprint density at radius 2 is 1.96 bits per heavy atom. The molecular weight excluding hydrogens is 308 g/mol. The van der Waals surface area contributed by atoms with Gasteiger partial charge in [0.15, 0.2) is 0 Å². The smallest absolute Gasteiger partial charge is 0.223 e. The van der Waals surface area contributed by atoms with Crippen molar-refractivity contribution in [2.75, 3.05) is 0 Å². The number of nitrogens with one attached hydrogen (secondary N) is 1. The van der Waals surface area contributed by atoms with Crippen molar-refractivity contribution in [2.45, 2.75) is 57.9 Å². The summed E-state index contributed by atoms with van der Waals surface area (Å²) in [5, 5.41) is 4.33. The van der Waals surface area contributed by atoms with E-state index in [9.17, 15) is 9.59 Å². The Hall–Kier alpha value is -1.23. The van der Waals surface area contributed by atoms with Crippen molar-refractivity contribution in [3.63, 3.8) is 0 Å². The molecule has 3 aliphatic carbocycles. The van der Waals surface area contributed by atoms with Crippen molar-refractivity contribution in [1.29, 1.82) is 0 Å². The molecule has 0 spiro atoms. The third-order valence-electron chi connectivity index (χ3n) is 5.72. The van der Waals surface area contributed by atoms with E-state index in [1.165, 1.54) is 17.7 Å². The molecule has 1 aromatic heterocycles. The molecule has 0 saturated heterocycles. The summed E-state index contributed by atoms with van der Waals surface area (Å²) in [6.07, 6.45) is 8.89. The van der Waals surface area contributed by atoms with Gasteiger partial charge in [-0.15, -0.1) is 11.3 Å². The predicted molar refractivity (Wildman–Crippen MR) is 89.0 cm³/mol. The van der Waals surface area contributed by atoms with Gasteiger partial charge >= 0.3 is 0 Å². The van der Waals surface area contributed by atoms with Crippen molar-refractivity contribution in [2.24, 2.45) is 23.7 Å². The zero-order valence-corrected chi connectivity index (χ0v) is 14.4.